The highest BCUT2D eigenvalue weighted by Crippen LogP contribution is 2.19. The smallest absolute Gasteiger partial charge is 0.162 e. The van der Waals surface area contributed by atoms with Crippen molar-refractivity contribution in [2.45, 2.75) is 19.9 Å². The number of methoxy groups -OCH3 is 1. The first kappa shape index (κ1) is 15.1. The molecule has 2 aromatic rings. The Morgan fingerprint density at radius 2 is 1.86 bits per heavy atom. The van der Waals surface area contributed by atoms with E-state index < -0.39 is 0 Å². The lowest BCUT2D eigenvalue weighted by atomic mass is 10.1. The van der Waals surface area contributed by atoms with Gasteiger partial charge in [-0.1, -0.05) is 31.2 Å². The Morgan fingerprint density at radius 1 is 1.14 bits per heavy atom. The summed E-state index contributed by atoms with van der Waals surface area (Å²) in [7, 11) is 3.69. The normalized spacial score (nSPS) is 10.2. The number of nitrogens with zero attached hydrogens (tertiary/aromatic N) is 1. The van der Waals surface area contributed by atoms with E-state index in [-0.39, 0.29) is 5.78 Å². The van der Waals surface area contributed by atoms with Gasteiger partial charge in [-0.15, -0.1) is 0 Å². The summed E-state index contributed by atoms with van der Waals surface area (Å²) in [4.78, 5) is 13.9. The molecular weight excluding hydrogens is 262 g/mol. The van der Waals surface area contributed by atoms with Crippen molar-refractivity contribution in [3.8, 4) is 5.75 Å². The fraction of sp³-hybridized carbons (Fsp3) is 0.278. The lowest BCUT2D eigenvalue weighted by molar-refractivity contribution is 0.0988. The molecule has 2 rings (SSSR count). The number of hydrogen-bond donors (Lipinski definition) is 0. The number of rotatable bonds is 6. The molecule has 3 nitrogen and oxygen atoms in total. The predicted octanol–water partition coefficient (Wildman–Crippen LogP) is 3.92. The van der Waals surface area contributed by atoms with Crippen LogP contribution in [0.5, 0.6) is 5.75 Å². The van der Waals surface area contributed by atoms with Crippen molar-refractivity contribution in [1.82, 2.24) is 0 Å². The van der Waals surface area contributed by atoms with Crippen LogP contribution in [0.25, 0.3) is 0 Å². The highest BCUT2D eigenvalue weighted by molar-refractivity contribution is 5.96. The molecule has 0 aliphatic carbocycles. The lowest BCUT2D eigenvalue weighted by Crippen LogP contribution is -2.16. The number of hydrogen-bond acceptors (Lipinski definition) is 3. The van der Waals surface area contributed by atoms with E-state index in [2.05, 4.69) is 17.0 Å². The van der Waals surface area contributed by atoms with Gasteiger partial charge in [0.05, 0.1) is 7.11 Å². The van der Waals surface area contributed by atoms with Gasteiger partial charge in [0.2, 0.25) is 0 Å². The SMILES string of the molecule is CCC(=O)c1cccc(N(C)Cc2ccc(OC)cc2)c1. The van der Waals surface area contributed by atoms with Gasteiger partial charge < -0.3 is 9.64 Å². The minimum Gasteiger partial charge on any atom is -0.497 e. The zero-order valence-electron chi connectivity index (χ0n) is 12.8. The molecule has 0 N–H and O–H groups in total. The molecule has 0 atom stereocenters. The lowest BCUT2D eigenvalue weighted by Gasteiger charge is -2.20. The van der Waals surface area contributed by atoms with Gasteiger partial charge in [0, 0.05) is 31.3 Å². The number of ketones is 1. The van der Waals surface area contributed by atoms with Gasteiger partial charge in [-0.3, -0.25) is 4.79 Å². The maximum Gasteiger partial charge on any atom is 0.162 e. The van der Waals surface area contributed by atoms with Crippen molar-refractivity contribution in [3.05, 3.63) is 59.7 Å². The molecule has 2 aromatic carbocycles. The number of ether oxygens (including phenoxy) is 1. The summed E-state index contributed by atoms with van der Waals surface area (Å²) < 4.78 is 5.16. The molecule has 0 aliphatic rings. The second kappa shape index (κ2) is 6.93. The Morgan fingerprint density at radius 3 is 2.48 bits per heavy atom. The van der Waals surface area contributed by atoms with Gasteiger partial charge in [-0.25, -0.2) is 0 Å². The fourth-order valence-electron chi connectivity index (χ4n) is 2.22. The third-order valence-corrected chi connectivity index (χ3v) is 3.51. The van der Waals surface area contributed by atoms with Crippen LogP contribution in [-0.4, -0.2) is 19.9 Å². The number of carbonyl (C=O) groups excluding carboxylic acids is 1. The van der Waals surface area contributed by atoms with E-state index in [0.717, 1.165) is 23.5 Å². The van der Waals surface area contributed by atoms with Crippen molar-refractivity contribution < 1.29 is 9.53 Å². The van der Waals surface area contributed by atoms with E-state index >= 15 is 0 Å². The van der Waals surface area contributed by atoms with Crippen molar-refractivity contribution in [3.63, 3.8) is 0 Å². The topological polar surface area (TPSA) is 29.5 Å². The molecule has 0 spiro atoms. The van der Waals surface area contributed by atoms with Crippen molar-refractivity contribution >= 4 is 11.5 Å². The number of carbonyl (C=O) groups is 1. The van der Waals surface area contributed by atoms with Crippen molar-refractivity contribution in [2.75, 3.05) is 19.1 Å². The first-order valence-corrected chi connectivity index (χ1v) is 7.11. The molecule has 0 heterocycles. The van der Waals surface area contributed by atoms with E-state index in [9.17, 15) is 4.79 Å². The molecule has 0 bridgehead atoms. The van der Waals surface area contributed by atoms with Crippen LogP contribution in [0.3, 0.4) is 0 Å². The molecule has 0 radical (unpaired) electrons. The molecule has 0 saturated heterocycles. The van der Waals surface area contributed by atoms with Crippen LogP contribution in [0.4, 0.5) is 5.69 Å². The Bertz CT molecular complexity index is 605. The standard InChI is InChI=1S/C18H21NO2/c1-4-18(20)15-6-5-7-16(12-15)19(2)13-14-8-10-17(21-3)11-9-14/h5-12H,4,13H2,1-3H3. The Balaban J connectivity index is 2.12. The maximum atomic E-state index is 11.8. The molecule has 0 saturated carbocycles. The van der Waals surface area contributed by atoms with E-state index in [1.807, 2.05) is 50.4 Å². The molecule has 0 fully saturated rings. The van der Waals surface area contributed by atoms with Crippen LogP contribution < -0.4 is 9.64 Å². The van der Waals surface area contributed by atoms with E-state index in [4.69, 9.17) is 4.74 Å². The summed E-state index contributed by atoms with van der Waals surface area (Å²) in [5.41, 5.74) is 3.02. The molecule has 21 heavy (non-hydrogen) atoms. The van der Waals surface area contributed by atoms with Crippen molar-refractivity contribution in [2.24, 2.45) is 0 Å². The molecule has 0 aromatic heterocycles. The molecule has 0 unspecified atom stereocenters. The third-order valence-electron chi connectivity index (χ3n) is 3.51. The summed E-state index contributed by atoms with van der Waals surface area (Å²) >= 11 is 0. The van der Waals surface area contributed by atoms with Gasteiger partial charge >= 0.3 is 0 Å². The second-order valence-corrected chi connectivity index (χ2v) is 5.03. The van der Waals surface area contributed by atoms with Crippen LogP contribution in [-0.2, 0) is 6.54 Å². The molecule has 0 amide bonds. The van der Waals surface area contributed by atoms with Gasteiger partial charge in [-0.2, -0.15) is 0 Å². The first-order valence-electron chi connectivity index (χ1n) is 7.11. The van der Waals surface area contributed by atoms with Crippen LogP contribution >= 0.6 is 0 Å². The number of benzene rings is 2. The number of Topliss-reactive ketones (excluding diaryl/α,β-unsaturated/α-hetero) is 1. The molecular formula is C18H21NO2. The Hall–Kier alpha value is -2.29. The van der Waals surface area contributed by atoms with Gasteiger partial charge in [0.15, 0.2) is 5.78 Å². The second-order valence-electron chi connectivity index (χ2n) is 5.03. The van der Waals surface area contributed by atoms with E-state index in [0.29, 0.717) is 6.42 Å². The number of anilines is 1. The van der Waals surface area contributed by atoms with E-state index in [1.54, 1.807) is 7.11 Å². The monoisotopic (exact) mass is 283 g/mol. The zero-order chi connectivity index (χ0) is 15.2. The van der Waals surface area contributed by atoms with Crippen LogP contribution in [0.1, 0.15) is 29.3 Å². The van der Waals surface area contributed by atoms with Crippen LogP contribution in [0.2, 0.25) is 0 Å². The summed E-state index contributed by atoms with van der Waals surface area (Å²) in [6, 6.07) is 15.8. The highest BCUT2D eigenvalue weighted by Gasteiger charge is 2.07. The van der Waals surface area contributed by atoms with Crippen LogP contribution in [0, 0.1) is 0 Å². The van der Waals surface area contributed by atoms with E-state index in [1.165, 1.54) is 5.56 Å². The summed E-state index contributed by atoms with van der Waals surface area (Å²) in [6.45, 7) is 2.67. The summed E-state index contributed by atoms with van der Waals surface area (Å²) in [5, 5.41) is 0. The zero-order valence-corrected chi connectivity index (χ0v) is 12.8. The highest BCUT2D eigenvalue weighted by atomic mass is 16.5. The average molecular weight is 283 g/mol. The summed E-state index contributed by atoms with van der Waals surface area (Å²) in [6.07, 6.45) is 0.533. The molecule has 3 heteroatoms. The molecule has 0 aliphatic heterocycles. The van der Waals surface area contributed by atoms with Crippen LogP contribution in [0.15, 0.2) is 48.5 Å². The van der Waals surface area contributed by atoms with Gasteiger partial charge in [0.1, 0.15) is 5.75 Å². The average Bonchev–Trinajstić information content (AvgIpc) is 2.55. The van der Waals surface area contributed by atoms with Gasteiger partial charge in [-0.05, 0) is 29.8 Å². The fourth-order valence-corrected chi connectivity index (χ4v) is 2.22. The maximum absolute atomic E-state index is 11.8. The Labute approximate surface area is 126 Å². The largest absolute Gasteiger partial charge is 0.497 e. The minimum absolute atomic E-state index is 0.176. The Kier molecular flexibility index (Phi) is 4.99. The minimum atomic E-state index is 0.176. The first-order chi connectivity index (χ1) is 10.1. The third kappa shape index (κ3) is 3.85. The van der Waals surface area contributed by atoms with Crippen molar-refractivity contribution in [1.29, 1.82) is 0 Å². The predicted molar refractivity (Wildman–Crippen MR) is 86.2 cm³/mol. The summed E-state index contributed by atoms with van der Waals surface area (Å²) in [5.74, 6) is 1.03. The quantitative estimate of drug-likeness (QED) is 0.752. The van der Waals surface area contributed by atoms with Gasteiger partial charge in [0.25, 0.3) is 0 Å². The molecule has 110 valence electrons.